The zero-order chi connectivity index (χ0) is 26.3. The van der Waals surface area contributed by atoms with Crippen molar-refractivity contribution < 1.29 is 4.79 Å². The zero-order valence-electron chi connectivity index (χ0n) is 21.7. The molecule has 3 N–H and O–H groups in total. The fourth-order valence-corrected chi connectivity index (χ4v) is 5.60. The third-order valence-corrected chi connectivity index (χ3v) is 7.71. The van der Waals surface area contributed by atoms with Crippen molar-refractivity contribution >= 4 is 45.0 Å². The van der Waals surface area contributed by atoms with Gasteiger partial charge in [-0.2, -0.15) is 5.26 Å². The summed E-state index contributed by atoms with van der Waals surface area (Å²) in [4.78, 5) is 20.5. The Morgan fingerprint density at radius 3 is 2.74 bits per heavy atom. The lowest BCUT2D eigenvalue weighted by atomic mass is 9.92. The fraction of sp³-hybridized carbons (Fsp3) is 0.387. The molecule has 7 heteroatoms. The number of hydrogen-bond acceptors (Lipinski definition) is 4. The number of amides is 1. The van der Waals surface area contributed by atoms with Gasteiger partial charge in [-0.3, -0.25) is 9.78 Å². The summed E-state index contributed by atoms with van der Waals surface area (Å²) < 4.78 is 0. The first kappa shape index (κ1) is 26.1. The molecule has 4 aromatic rings. The normalized spacial score (nSPS) is 12.8. The topological polar surface area (TPSA) is 93.6 Å². The number of anilines is 1. The monoisotopic (exact) mass is 527 g/mol. The fourth-order valence-electron chi connectivity index (χ4n) is 5.44. The summed E-state index contributed by atoms with van der Waals surface area (Å²) in [7, 11) is 0. The molecule has 38 heavy (non-hydrogen) atoms. The number of pyridine rings is 1. The molecule has 2 aromatic carbocycles. The van der Waals surface area contributed by atoms with E-state index in [1.165, 1.54) is 29.8 Å². The molecule has 0 radical (unpaired) electrons. The highest BCUT2D eigenvalue weighted by atomic mass is 35.5. The predicted molar refractivity (Wildman–Crippen MR) is 155 cm³/mol. The van der Waals surface area contributed by atoms with Gasteiger partial charge >= 0.3 is 0 Å². The number of H-pyrrole nitrogens is 1. The summed E-state index contributed by atoms with van der Waals surface area (Å²) >= 11 is 6.24. The number of nitriles is 1. The molecule has 196 valence electrons. The van der Waals surface area contributed by atoms with Crippen LogP contribution < -0.4 is 10.6 Å². The Bertz CT molecular complexity index is 1490. The Morgan fingerprint density at radius 2 is 1.87 bits per heavy atom. The van der Waals surface area contributed by atoms with Crippen LogP contribution in [0.3, 0.4) is 0 Å². The number of hydrogen-bond donors (Lipinski definition) is 3. The van der Waals surface area contributed by atoms with E-state index in [1.54, 1.807) is 6.07 Å². The van der Waals surface area contributed by atoms with Crippen LogP contribution in [0.1, 0.15) is 67.3 Å². The summed E-state index contributed by atoms with van der Waals surface area (Å²) in [5.41, 5.74) is 7.53. The molecule has 5 rings (SSSR count). The standard InChI is InChI=1S/C31H34ClN5O/c32-23-11-12-25-29(18-23)37-28-8-4-3-7-24(28)31(25)35-16-6-2-1-5-15-34-30(38)14-10-22-20-36-27-13-9-21(19-33)17-26(22)27/h9,11-13,17-18,20,36H,1-8,10,14-16H2,(H,34,38)(H,35,37). The lowest BCUT2D eigenvalue weighted by Crippen LogP contribution is -2.24. The minimum Gasteiger partial charge on any atom is -0.384 e. The number of carbonyl (C=O) groups excluding carboxylic acids is 1. The van der Waals surface area contributed by atoms with E-state index in [0.29, 0.717) is 24.9 Å². The summed E-state index contributed by atoms with van der Waals surface area (Å²) in [6.07, 6.45) is 11.9. The van der Waals surface area contributed by atoms with E-state index in [2.05, 4.69) is 27.8 Å². The van der Waals surface area contributed by atoms with Gasteiger partial charge in [-0.1, -0.05) is 24.4 Å². The lowest BCUT2D eigenvalue weighted by molar-refractivity contribution is -0.121. The number of aromatic nitrogens is 2. The second-order valence-electron chi connectivity index (χ2n) is 10.2. The van der Waals surface area contributed by atoms with Gasteiger partial charge in [0.25, 0.3) is 0 Å². The SMILES string of the molecule is N#Cc1ccc2[nH]cc(CCC(=O)NCCCCCCNc3c4c(nc5cc(Cl)ccc35)CCCC4)c2c1. The molecular weight excluding hydrogens is 494 g/mol. The third-order valence-electron chi connectivity index (χ3n) is 7.47. The Labute approximate surface area is 228 Å². The molecule has 0 fully saturated rings. The summed E-state index contributed by atoms with van der Waals surface area (Å²) in [5.74, 6) is 0.0758. The van der Waals surface area contributed by atoms with Crippen LogP contribution in [0.25, 0.3) is 21.8 Å². The quantitative estimate of drug-likeness (QED) is 0.186. The Balaban J connectivity index is 1.02. The first-order valence-electron chi connectivity index (χ1n) is 13.7. The third kappa shape index (κ3) is 6.11. The minimum atomic E-state index is 0.0758. The largest absolute Gasteiger partial charge is 0.384 e. The van der Waals surface area contributed by atoms with E-state index in [1.807, 2.05) is 30.5 Å². The summed E-state index contributed by atoms with van der Waals surface area (Å²) in [6.45, 7) is 1.64. The van der Waals surface area contributed by atoms with Gasteiger partial charge in [0.05, 0.1) is 17.1 Å². The molecule has 0 saturated carbocycles. The first-order chi connectivity index (χ1) is 18.6. The van der Waals surface area contributed by atoms with Crippen molar-refractivity contribution in [2.45, 2.75) is 64.2 Å². The Hall–Kier alpha value is -3.56. The Morgan fingerprint density at radius 1 is 1.03 bits per heavy atom. The van der Waals surface area contributed by atoms with Gasteiger partial charge in [0.2, 0.25) is 5.91 Å². The number of carbonyl (C=O) groups is 1. The second-order valence-corrected chi connectivity index (χ2v) is 10.6. The second kappa shape index (κ2) is 12.3. The molecule has 0 saturated heterocycles. The van der Waals surface area contributed by atoms with Gasteiger partial charge in [-0.15, -0.1) is 0 Å². The van der Waals surface area contributed by atoms with Crippen molar-refractivity contribution in [3.05, 3.63) is 70.0 Å². The maximum atomic E-state index is 12.3. The number of nitrogens with one attached hydrogen (secondary N) is 3. The van der Waals surface area contributed by atoms with Crippen molar-refractivity contribution in [1.82, 2.24) is 15.3 Å². The van der Waals surface area contributed by atoms with E-state index < -0.39 is 0 Å². The number of fused-ring (bicyclic) bond motifs is 3. The molecule has 0 atom stereocenters. The van der Waals surface area contributed by atoms with Crippen LogP contribution >= 0.6 is 11.6 Å². The van der Waals surface area contributed by atoms with Gasteiger partial charge in [0.1, 0.15) is 0 Å². The van der Waals surface area contributed by atoms with Crippen molar-refractivity contribution in [2.24, 2.45) is 0 Å². The highest BCUT2D eigenvalue weighted by molar-refractivity contribution is 6.31. The molecule has 1 aliphatic rings. The summed E-state index contributed by atoms with van der Waals surface area (Å²) in [6, 6.07) is 13.8. The average Bonchev–Trinajstić information content (AvgIpc) is 3.34. The smallest absolute Gasteiger partial charge is 0.220 e. The van der Waals surface area contributed by atoms with Crippen LogP contribution in [-0.2, 0) is 24.1 Å². The van der Waals surface area contributed by atoms with Crippen LogP contribution in [-0.4, -0.2) is 29.0 Å². The first-order valence-corrected chi connectivity index (χ1v) is 14.1. The number of halogens is 1. The van der Waals surface area contributed by atoms with Crippen molar-refractivity contribution in [3.63, 3.8) is 0 Å². The number of aromatic amines is 1. The van der Waals surface area contributed by atoms with Gasteiger partial charge in [0.15, 0.2) is 0 Å². The zero-order valence-corrected chi connectivity index (χ0v) is 22.5. The van der Waals surface area contributed by atoms with Crippen molar-refractivity contribution in [2.75, 3.05) is 18.4 Å². The number of unbranched alkanes of at least 4 members (excludes halogenated alkanes) is 3. The maximum absolute atomic E-state index is 12.3. The van der Waals surface area contributed by atoms with Crippen LogP contribution in [0.15, 0.2) is 42.6 Å². The van der Waals surface area contributed by atoms with Crippen LogP contribution in [0.4, 0.5) is 5.69 Å². The van der Waals surface area contributed by atoms with Gasteiger partial charge in [-0.25, -0.2) is 0 Å². The predicted octanol–water partition coefficient (Wildman–Crippen LogP) is 6.84. The molecule has 0 bridgehead atoms. The van der Waals surface area contributed by atoms with Crippen molar-refractivity contribution in [3.8, 4) is 6.07 Å². The molecule has 1 aliphatic carbocycles. The highest BCUT2D eigenvalue weighted by Gasteiger charge is 2.18. The van der Waals surface area contributed by atoms with Crippen molar-refractivity contribution in [1.29, 1.82) is 5.26 Å². The lowest BCUT2D eigenvalue weighted by Gasteiger charge is -2.22. The van der Waals surface area contributed by atoms with E-state index in [9.17, 15) is 4.79 Å². The minimum absolute atomic E-state index is 0.0758. The van der Waals surface area contributed by atoms with Gasteiger partial charge < -0.3 is 15.6 Å². The van der Waals surface area contributed by atoms with Crippen LogP contribution in [0.2, 0.25) is 5.02 Å². The van der Waals surface area contributed by atoms with Gasteiger partial charge in [-0.05, 0) is 92.5 Å². The molecule has 1 amide bonds. The highest BCUT2D eigenvalue weighted by Crippen LogP contribution is 2.34. The number of nitrogens with zero attached hydrogens (tertiary/aromatic N) is 2. The molecule has 0 spiro atoms. The van der Waals surface area contributed by atoms with E-state index >= 15 is 0 Å². The number of aryl methyl sites for hydroxylation is 2. The number of rotatable bonds is 11. The van der Waals surface area contributed by atoms with Crippen LogP contribution in [0.5, 0.6) is 0 Å². The molecule has 6 nitrogen and oxygen atoms in total. The molecule has 0 unspecified atom stereocenters. The Kier molecular flexibility index (Phi) is 8.45. The van der Waals surface area contributed by atoms with Gasteiger partial charge in [0, 0.05) is 58.4 Å². The van der Waals surface area contributed by atoms with E-state index in [-0.39, 0.29) is 5.91 Å². The van der Waals surface area contributed by atoms with E-state index in [0.717, 1.165) is 77.5 Å². The maximum Gasteiger partial charge on any atom is 0.220 e. The molecular formula is C31H34ClN5O. The summed E-state index contributed by atoms with van der Waals surface area (Å²) in [5, 5.41) is 18.8. The number of benzene rings is 2. The average molecular weight is 528 g/mol. The molecule has 2 aromatic heterocycles. The molecule has 0 aliphatic heterocycles. The van der Waals surface area contributed by atoms with Crippen LogP contribution in [0, 0.1) is 11.3 Å². The molecule has 2 heterocycles. The van der Waals surface area contributed by atoms with E-state index in [4.69, 9.17) is 21.8 Å².